The first-order valence-electron chi connectivity index (χ1n) is 6.77. The molecule has 2 atom stereocenters. The molecule has 0 heterocycles. The first-order valence-corrected chi connectivity index (χ1v) is 6.77. The first-order chi connectivity index (χ1) is 9.26. The zero-order valence-corrected chi connectivity index (χ0v) is 11.1. The van der Waals surface area contributed by atoms with Crippen LogP contribution in [0.15, 0.2) is 29.4 Å². The molecule has 1 N–H and O–H groups in total. The number of hydrazone groups is 1. The first kappa shape index (κ1) is 12.2. The zero-order valence-electron chi connectivity index (χ0n) is 11.1. The molecule has 2 aliphatic rings. The van der Waals surface area contributed by atoms with E-state index in [9.17, 15) is 4.79 Å². The van der Waals surface area contributed by atoms with Crippen molar-refractivity contribution in [3.05, 3.63) is 29.8 Å². The molecule has 0 saturated heterocycles. The van der Waals surface area contributed by atoms with Gasteiger partial charge >= 0.3 is 0 Å². The lowest BCUT2D eigenvalue weighted by Crippen LogP contribution is -2.21. The number of carbonyl (C=O) groups excluding carboxylic acids is 1. The predicted molar refractivity (Wildman–Crippen MR) is 73.3 cm³/mol. The number of hydrogen-bond donors (Lipinski definition) is 1. The van der Waals surface area contributed by atoms with Gasteiger partial charge in [-0.05, 0) is 55.7 Å². The summed E-state index contributed by atoms with van der Waals surface area (Å²) in [5, 5.41) is 4.31. The average Bonchev–Trinajstić information content (AvgIpc) is 3.07. The zero-order chi connectivity index (χ0) is 13.2. The van der Waals surface area contributed by atoms with Gasteiger partial charge < -0.3 is 4.74 Å². The van der Waals surface area contributed by atoms with Gasteiger partial charge in [-0.2, -0.15) is 5.10 Å². The summed E-state index contributed by atoms with van der Waals surface area (Å²) in [4.78, 5) is 12.0. The lowest BCUT2D eigenvalue weighted by atomic mass is 9.99. The Morgan fingerprint density at radius 2 is 2.32 bits per heavy atom. The van der Waals surface area contributed by atoms with E-state index in [1.165, 1.54) is 25.0 Å². The molecule has 2 fully saturated rings. The van der Waals surface area contributed by atoms with Gasteiger partial charge in [-0.15, -0.1) is 0 Å². The van der Waals surface area contributed by atoms with Crippen molar-refractivity contribution in [3.63, 3.8) is 0 Å². The van der Waals surface area contributed by atoms with Crippen LogP contribution in [0.1, 0.15) is 36.0 Å². The minimum atomic E-state index is -0.172. The molecule has 0 unspecified atom stereocenters. The third-order valence-electron chi connectivity index (χ3n) is 4.14. The Kier molecular flexibility index (Phi) is 3.23. The third kappa shape index (κ3) is 2.48. The molecule has 2 saturated carbocycles. The smallest absolute Gasteiger partial charge is 0.271 e. The van der Waals surface area contributed by atoms with E-state index in [-0.39, 0.29) is 5.91 Å². The maximum absolute atomic E-state index is 12.0. The molecule has 19 heavy (non-hydrogen) atoms. The van der Waals surface area contributed by atoms with E-state index in [4.69, 9.17) is 4.74 Å². The summed E-state index contributed by atoms with van der Waals surface area (Å²) >= 11 is 0. The molecule has 0 aliphatic heterocycles. The fourth-order valence-corrected chi connectivity index (χ4v) is 3.11. The Morgan fingerprint density at radius 3 is 3.00 bits per heavy atom. The third-order valence-corrected chi connectivity index (χ3v) is 4.14. The number of hydrogen-bond acceptors (Lipinski definition) is 3. The largest absolute Gasteiger partial charge is 0.497 e. The minimum absolute atomic E-state index is 0.172. The summed E-state index contributed by atoms with van der Waals surface area (Å²) < 4.78 is 5.11. The normalized spacial score (nSPS) is 26.7. The molecule has 1 aromatic rings. The van der Waals surface area contributed by atoms with Gasteiger partial charge in [-0.3, -0.25) is 4.79 Å². The molecule has 1 amide bonds. The fourth-order valence-electron chi connectivity index (χ4n) is 3.11. The number of benzene rings is 1. The summed E-state index contributed by atoms with van der Waals surface area (Å²) in [7, 11) is 1.59. The van der Waals surface area contributed by atoms with Gasteiger partial charge in [0.05, 0.1) is 7.11 Å². The van der Waals surface area contributed by atoms with Crippen LogP contribution >= 0.6 is 0 Å². The second kappa shape index (κ2) is 5.03. The highest BCUT2D eigenvalue weighted by molar-refractivity contribution is 5.96. The molecule has 0 aromatic heterocycles. The lowest BCUT2D eigenvalue weighted by molar-refractivity contribution is 0.0954. The molecule has 1 aromatic carbocycles. The summed E-state index contributed by atoms with van der Waals surface area (Å²) in [5.74, 6) is 1.92. The number of rotatable bonds is 3. The Labute approximate surface area is 112 Å². The average molecular weight is 258 g/mol. The van der Waals surface area contributed by atoms with E-state index in [1.807, 2.05) is 6.07 Å². The van der Waals surface area contributed by atoms with Crippen molar-refractivity contribution >= 4 is 11.6 Å². The van der Waals surface area contributed by atoms with Crippen LogP contribution in [0.3, 0.4) is 0 Å². The molecular formula is C15H18N2O2. The monoisotopic (exact) mass is 258 g/mol. The van der Waals surface area contributed by atoms with Gasteiger partial charge in [0.25, 0.3) is 5.91 Å². The van der Waals surface area contributed by atoms with Gasteiger partial charge in [0.1, 0.15) is 5.75 Å². The van der Waals surface area contributed by atoms with Gasteiger partial charge in [0, 0.05) is 11.3 Å². The van der Waals surface area contributed by atoms with Crippen LogP contribution in [0, 0.1) is 11.8 Å². The Balaban J connectivity index is 1.66. The number of fused-ring (bicyclic) bond motifs is 2. The highest BCUT2D eigenvalue weighted by Gasteiger charge is 2.36. The maximum Gasteiger partial charge on any atom is 0.271 e. The Morgan fingerprint density at radius 1 is 1.42 bits per heavy atom. The van der Waals surface area contributed by atoms with Crippen molar-refractivity contribution < 1.29 is 9.53 Å². The quantitative estimate of drug-likeness (QED) is 0.847. The number of nitrogens with zero attached hydrogens (tertiary/aromatic N) is 1. The van der Waals surface area contributed by atoms with Gasteiger partial charge in [0.15, 0.2) is 0 Å². The van der Waals surface area contributed by atoms with Crippen LogP contribution in [-0.2, 0) is 0 Å². The van der Waals surface area contributed by atoms with Gasteiger partial charge in [-0.1, -0.05) is 6.07 Å². The highest BCUT2D eigenvalue weighted by Crippen LogP contribution is 2.42. The van der Waals surface area contributed by atoms with E-state index in [0.717, 1.165) is 12.3 Å². The van der Waals surface area contributed by atoms with Gasteiger partial charge in [-0.25, -0.2) is 5.43 Å². The fraction of sp³-hybridized carbons (Fsp3) is 0.467. The molecule has 4 heteroatoms. The van der Waals surface area contributed by atoms with E-state index >= 15 is 0 Å². The van der Waals surface area contributed by atoms with Crippen LogP contribution in [0.5, 0.6) is 5.75 Å². The second-order valence-corrected chi connectivity index (χ2v) is 5.36. The van der Waals surface area contributed by atoms with Crippen molar-refractivity contribution in [1.29, 1.82) is 0 Å². The van der Waals surface area contributed by atoms with Crippen LogP contribution in [0.4, 0.5) is 0 Å². The Bertz CT molecular complexity index is 525. The van der Waals surface area contributed by atoms with E-state index < -0.39 is 0 Å². The molecular weight excluding hydrogens is 240 g/mol. The Hall–Kier alpha value is -1.84. The van der Waals surface area contributed by atoms with Crippen LogP contribution < -0.4 is 10.2 Å². The summed E-state index contributed by atoms with van der Waals surface area (Å²) in [6.45, 7) is 0. The molecule has 100 valence electrons. The number of nitrogens with one attached hydrogen (secondary N) is 1. The molecule has 3 rings (SSSR count). The van der Waals surface area contributed by atoms with E-state index in [2.05, 4.69) is 10.5 Å². The summed E-state index contributed by atoms with van der Waals surface area (Å²) in [6, 6.07) is 7.10. The molecule has 2 aliphatic carbocycles. The SMILES string of the molecule is COc1cccc(C(=O)N/N=C2/C[C@H]3CC[C@@H]2C3)c1. The van der Waals surface area contributed by atoms with Crippen molar-refractivity contribution in [2.75, 3.05) is 7.11 Å². The van der Waals surface area contributed by atoms with E-state index in [1.54, 1.807) is 25.3 Å². The van der Waals surface area contributed by atoms with Crippen molar-refractivity contribution in [2.24, 2.45) is 16.9 Å². The summed E-state index contributed by atoms with van der Waals surface area (Å²) in [6.07, 6.45) is 4.88. The van der Waals surface area contributed by atoms with Crippen molar-refractivity contribution in [1.82, 2.24) is 5.43 Å². The number of ether oxygens (including phenoxy) is 1. The van der Waals surface area contributed by atoms with Crippen LogP contribution in [0.2, 0.25) is 0 Å². The van der Waals surface area contributed by atoms with Gasteiger partial charge in [0.2, 0.25) is 0 Å². The topological polar surface area (TPSA) is 50.7 Å². The number of amides is 1. The van der Waals surface area contributed by atoms with E-state index in [0.29, 0.717) is 17.2 Å². The van der Waals surface area contributed by atoms with Crippen LogP contribution in [-0.4, -0.2) is 18.7 Å². The molecule has 4 nitrogen and oxygen atoms in total. The lowest BCUT2D eigenvalue weighted by Gasteiger charge is -2.11. The molecule has 0 spiro atoms. The molecule has 0 radical (unpaired) electrons. The number of carbonyl (C=O) groups is 1. The minimum Gasteiger partial charge on any atom is -0.497 e. The summed E-state index contributed by atoms with van der Waals surface area (Å²) in [5.41, 5.74) is 4.42. The maximum atomic E-state index is 12.0. The second-order valence-electron chi connectivity index (χ2n) is 5.36. The van der Waals surface area contributed by atoms with Crippen LogP contribution in [0.25, 0.3) is 0 Å². The van der Waals surface area contributed by atoms with Crippen molar-refractivity contribution in [3.8, 4) is 5.75 Å². The molecule has 2 bridgehead atoms. The standard InChI is InChI=1S/C15H18N2O2/c1-19-13-4-2-3-12(9-13)15(18)17-16-14-8-10-5-6-11(14)7-10/h2-4,9-11H,5-8H2,1H3,(H,17,18)/b16-14-/t10-,11+/m0/s1. The van der Waals surface area contributed by atoms with Crippen molar-refractivity contribution in [2.45, 2.75) is 25.7 Å². The number of methoxy groups -OCH3 is 1. The highest BCUT2D eigenvalue weighted by atomic mass is 16.5. The predicted octanol–water partition coefficient (Wildman–Crippen LogP) is 2.60.